The fraction of sp³-hybridized carbons (Fsp3) is 0.188. The van der Waals surface area contributed by atoms with E-state index in [9.17, 15) is 26.4 Å². The number of alkyl halides is 3. The highest BCUT2D eigenvalue weighted by Crippen LogP contribution is 2.38. The quantitative estimate of drug-likeness (QED) is 0.766. The lowest BCUT2D eigenvalue weighted by Crippen LogP contribution is -2.36. The molecule has 146 valence electrons. The minimum absolute atomic E-state index is 0.312. The lowest BCUT2D eigenvalue weighted by atomic mass is 10.2. The summed E-state index contributed by atoms with van der Waals surface area (Å²) in [5, 5.41) is 8.41. The first-order valence-corrected chi connectivity index (χ1v) is 9.04. The molecule has 27 heavy (non-hydrogen) atoms. The van der Waals surface area contributed by atoms with Gasteiger partial charge in [0, 0.05) is 0 Å². The van der Waals surface area contributed by atoms with Gasteiger partial charge in [0.15, 0.2) is 0 Å². The van der Waals surface area contributed by atoms with Gasteiger partial charge >= 0.3 is 12.1 Å². The van der Waals surface area contributed by atoms with Gasteiger partial charge in [-0.05, 0) is 42.5 Å². The summed E-state index contributed by atoms with van der Waals surface area (Å²) < 4.78 is 70.1. The molecule has 0 saturated heterocycles. The molecule has 1 N–H and O–H groups in total. The number of carboxylic acid groups (broad SMARTS) is 1. The Morgan fingerprint density at radius 2 is 1.78 bits per heavy atom. The Morgan fingerprint density at radius 3 is 2.26 bits per heavy atom. The van der Waals surface area contributed by atoms with Gasteiger partial charge in [0.05, 0.1) is 28.3 Å². The van der Waals surface area contributed by atoms with Crippen LogP contribution in [-0.4, -0.2) is 33.1 Å². The molecule has 0 spiro atoms. The molecule has 0 unspecified atom stereocenters. The standard InChI is InChI=1S/C16H13ClF3NO5S/c1-26-11-3-5-12(6-4-11)27(24,25)21(9-15(22)23)10-2-7-14(17)13(8-10)16(18,19)20/h2-8H,9H2,1H3,(H,22,23). The number of nitrogens with zero attached hydrogens (tertiary/aromatic N) is 1. The van der Waals surface area contributed by atoms with E-state index in [1.165, 1.54) is 19.2 Å². The van der Waals surface area contributed by atoms with Crippen molar-refractivity contribution < 1.29 is 36.2 Å². The Bertz CT molecular complexity index is 946. The van der Waals surface area contributed by atoms with Crippen molar-refractivity contribution in [3.63, 3.8) is 0 Å². The summed E-state index contributed by atoms with van der Waals surface area (Å²) in [6, 6.07) is 7.32. The maximum absolute atomic E-state index is 13.1. The van der Waals surface area contributed by atoms with Crippen LogP contribution in [0.25, 0.3) is 0 Å². The number of rotatable bonds is 6. The molecule has 2 aromatic rings. The first-order valence-electron chi connectivity index (χ1n) is 7.22. The second-order valence-corrected chi connectivity index (χ2v) is 7.51. The van der Waals surface area contributed by atoms with Crippen LogP contribution >= 0.6 is 11.6 Å². The molecule has 0 atom stereocenters. The molecule has 6 nitrogen and oxygen atoms in total. The van der Waals surface area contributed by atoms with Crippen LogP contribution in [0.4, 0.5) is 18.9 Å². The van der Waals surface area contributed by atoms with Crippen LogP contribution in [0.3, 0.4) is 0 Å². The molecule has 0 aliphatic heterocycles. The normalized spacial score (nSPS) is 11.9. The zero-order valence-electron chi connectivity index (χ0n) is 13.7. The Hall–Kier alpha value is -2.46. The van der Waals surface area contributed by atoms with Crippen molar-refractivity contribution in [2.45, 2.75) is 11.1 Å². The zero-order chi connectivity index (χ0) is 20.4. The third-order valence-corrected chi connectivity index (χ3v) is 5.59. The summed E-state index contributed by atoms with van der Waals surface area (Å²) >= 11 is 5.54. The predicted molar refractivity (Wildman–Crippen MR) is 91.6 cm³/mol. The van der Waals surface area contributed by atoms with Crippen molar-refractivity contribution in [2.75, 3.05) is 18.0 Å². The topological polar surface area (TPSA) is 83.9 Å². The summed E-state index contributed by atoms with van der Waals surface area (Å²) in [6.45, 7) is -1.08. The molecule has 0 aliphatic carbocycles. The van der Waals surface area contributed by atoms with Crippen molar-refractivity contribution in [1.29, 1.82) is 0 Å². The number of aliphatic carboxylic acids is 1. The van der Waals surface area contributed by atoms with Crippen LogP contribution in [0.2, 0.25) is 5.02 Å². The van der Waals surface area contributed by atoms with Crippen LogP contribution in [0.1, 0.15) is 5.56 Å². The summed E-state index contributed by atoms with van der Waals surface area (Å²) in [4.78, 5) is 10.8. The zero-order valence-corrected chi connectivity index (χ0v) is 15.3. The Morgan fingerprint density at radius 1 is 1.19 bits per heavy atom. The smallest absolute Gasteiger partial charge is 0.417 e. The Labute approximate surface area is 157 Å². The van der Waals surface area contributed by atoms with Gasteiger partial charge in [0.1, 0.15) is 12.3 Å². The van der Waals surface area contributed by atoms with Gasteiger partial charge in [0.25, 0.3) is 10.0 Å². The molecule has 11 heteroatoms. The highest BCUT2D eigenvalue weighted by molar-refractivity contribution is 7.92. The maximum atomic E-state index is 13.1. The van der Waals surface area contributed by atoms with E-state index in [4.69, 9.17) is 21.4 Å². The van der Waals surface area contributed by atoms with Crippen LogP contribution in [0, 0.1) is 0 Å². The van der Waals surface area contributed by atoms with E-state index in [0.29, 0.717) is 16.1 Å². The van der Waals surface area contributed by atoms with Gasteiger partial charge < -0.3 is 9.84 Å². The van der Waals surface area contributed by atoms with Gasteiger partial charge in [-0.2, -0.15) is 13.2 Å². The van der Waals surface area contributed by atoms with E-state index in [1.807, 2.05) is 0 Å². The lowest BCUT2D eigenvalue weighted by Gasteiger charge is -2.24. The molecule has 0 aliphatic rings. The first kappa shape index (κ1) is 20.8. The van der Waals surface area contributed by atoms with E-state index < -0.39 is 45.0 Å². The lowest BCUT2D eigenvalue weighted by molar-refractivity contribution is -0.137. The van der Waals surface area contributed by atoms with Crippen LogP contribution in [0.15, 0.2) is 47.4 Å². The minimum Gasteiger partial charge on any atom is -0.497 e. The number of ether oxygens (including phenoxy) is 1. The molecular weight excluding hydrogens is 411 g/mol. The van der Waals surface area contributed by atoms with Crippen molar-refractivity contribution in [3.8, 4) is 5.75 Å². The number of sulfonamides is 1. The third-order valence-electron chi connectivity index (χ3n) is 3.47. The monoisotopic (exact) mass is 423 g/mol. The molecule has 0 bridgehead atoms. The first-order chi connectivity index (χ1) is 12.5. The number of carboxylic acids is 1. The van der Waals surface area contributed by atoms with Crippen molar-refractivity contribution in [2.24, 2.45) is 0 Å². The van der Waals surface area contributed by atoms with Gasteiger partial charge in [-0.1, -0.05) is 11.6 Å². The second kappa shape index (κ2) is 7.65. The number of benzene rings is 2. The average Bonchev–Trinajstić information content (AvgIpc) is 2.59. The van der Waals surface area contributed by atoms with Crippen molar-refractivity contribution in [3.05, 3.63) is 53.1 Å². The fourth-order valence-electron chi connectivity index (χ4n) is 2.20. The molecule has 0 aromatic heterocycles. The van der Waals surface area contributed by atoms with E-state index in [2.05, 4.69) is 0 Å². The predicted octanol–water partition coefficient (Wildman–Crippen LogP) is 3.65. The summed E-state index contributed by atoms with van der Waals surface area (Å²) in [7, 11) is -3.10. The van der Waals surface area contributed by atoms with Gasteiger partial charge in [-0.3, -0.25) is 9.10 Å². The largest absolute Gasteiger partial charge is 0.497 e. The Kier molecular flexibility index (Phi) is 5.91. The average molecular weight is 424 g/mol. The molecule has 0 heterocycles. The van der Waals surface area contributed by atoms with Crippen molar-refractivity contribution >= 4 is 33.3 Å². The van der Waals surface area contributed by atoms with E-state index in [1.54, 1.807) is 0 Å². The molecular formula is C16H13ClF3NO5S. The van der Waals surface area contributed by atoms with E-state index in [0.717, 1.165) is 24.3 Å². The Balaban J connectivity index is 2.59. The molecule has 0 amide bonds. The highest BCUT2D eigenvalue weighted by atomic mass is 35.5. The number of halogens is 4. The number of anilines is 1. The molecule has 0 radical (unpaired) electrons. The van der Waals surface area contributed by atoms with Crippen LogP contribution in [-0.2, 0) is 21.0 Å². The SMILES string of the molecule is COc1ccc(S(=O)(=O)N(CC(=O)O)c2ccc(Cl)c(C(F)(F)F)c2)cc1. The fourth-order valence-corrected chi connectivity index (χ4v) is 3.83. The molecule has 0 saturated carbocycles. The third kappa shape index (κ3) is 4.64. The summed E-state index contributed by atoms with van der Waals surface area (Å²) in [5.74, 6) is -1.19. The maximum Gasteiger partial charge on any atom is 0.417 e. The summed E-state index contributed by atoms with van der Waals surface area (Å²) in [5.41, 5.74) is -1.76. The van der Waals surface area contributed by atoms with Gasteiger partial charge in [0.2, 0.25) is 0 Å². The van der Waals surface area contributed by atoms with E-state index in [-0.39, 0.29) is 4.90 Å². The number of methoxy groups -OCH3 is 1. The molecule has 2 rings (SSSR count). The highest BCUT2D eigenvalue weighted by Gasteiger charge is 2.35. The molecule has 2 aromatic carbocycles. The summed E-state index contributed by atoms with van der Waals surface area (Å²) in [6.07, 6.45) is -4.84. The van der Waals surface area contributed by atoms with Gasteiger partial charge in [-0.15, -0.1) is 0 Å². The van der Waals surface area contributed by atoms with Crippen LogP contribution < -0.4 is 9.04 Å². The minimum atomic E-state index is -4.84. The van der Waals surface area contributed by atoms with Gasteiger partial charge in [-0.25, -0.2) is 8.42 Å². The number of hydrogen-bond donors (Lipinski definition) is 1. The van der Waals surface area contributed by atoms with Crippen molar-refractivity contribution in [1.82, 2.24) is 0 Å². The number of hydrogen-bond acceptors (Lipinski definition) is 4. The van der Waals surface area contributed by atoms with E-state index >= 15 is 0 Å². The second-order valence-electron chi connectivity index (χ2n) is 5.24. The number of carbonyl (C=O) groups is 1. The molecule has 0 fully saturated rings. The van der Waals surface area contributed by atoms with Crippen LogP contribution in [0.5, 0.6) is 5.75 Å².